The maximum Gasteiger partial charge on any atom is 0.255 e. The second kappa shape index (κ2) is 9.79. The second-order valence-electron chi connectivity index (χ2n) is 7.90. The van der Waals surface area contributed by atoms with E-state index in [2.05, 4.69) is 5.32 Å². The molecule has 0 atom stereocenters. The molecule has 0 aliphatic carbocycles. The highest BCUT2D eigenvalue weighted by Crippen LogP contribution is 2.48. The van der Waals surface area contributed by atoms with Gasteiger partial charge in [-0.25, -0.2) is 0 Å². The molecule has 34 heavy (non-hydrogen) atoms. The Morgan fingerprint density at radius 1 is 0.794 bits per heavy atom. The first kappa shape index (κ1) is 22.3. The van der Waals surface area contributed by atoms with Gasteiger partial charge in [-0.2, -0.15) is 0 Å². The minimum atomic E-state index is -0.143. The summed E-state index contributed by atoms with van der Waals surface area (Å²) in [7, 11) is 0. The van der Waals surface area contributed by atoms with Gasteiger partial charge in [0.25, 0.3) is 5.91 Å². The molecular formula is C28H22N2O2S2. The molecule has 1 aliphatic rings. The lowest BCUT2D eigenvalue weighted by Gasteiger charge is -2.31. The molecule has 168 valence electrons. The van der Waals surface area contributed by atoms with Crippen LogP contribution in [0.4, 0.5) is 17.1 Å². The van der Waals surface area contributed by atoms with Gasteiger partial charge < -0.3 is 5.32 Å². The van der Waals surface area contributed by atoms with Crippen molar-refractivity contribution in [1.29, 1.82) is 0 Å². The lowest BCUT2D eigenvalue weighted by atomic mass is 10.1. The Morgan fingerprint density at radius 2 is 1.38 bits per heavy atom. The molecule has 5 rings (SSSR count). The number of para-hydroxylation sites is 2. The molecule has 4 aromatic carbocycles. The van der Waals surface area contributed by atoms with Crippen LogP contribution in [0.1, 0.15) is 15.9 Å². The van der Waals surface area contributed by atoms with E-state index in [4.69, 9.17) is 0 Å². The summed E-state index contributed by atoms with van der Waals surface area (Å²) in [5, 5.41) is 2.92. The van der Waals surface area contributed by atoms with Crippen molar-refractivity contribution in [2.45, 2.75) is 21.6 Å². The summed E-state index contributed by atoms with van der Waals surface area (Å²) in [6.07, 6.45) is 0. The van der Waals surface area contributed by atoms with E-state index in [0.29, 0.717) is 11.3 Å². The Morgan fingerprint density at radius 3 is 2.00 bits per heavy atom. The highest BCUT2D eigenvalue weighted by atomic mass is 32.2. The third kappa shape index (κ3) is 4.74. The Balaban J connectivity index is 1.26. The number of hydrogen-bond acceptors (Lipinski definition) is 4. The van der Waals surface area contributed by atoms with Crippen molar-refractivity contribution in [3.05, 3.63) is 108 Å². The molecule has 1 N–H and O–H groups in total. The number of nitrogens with one attached hydrogen (secondary N) is 1. The van der Waals surface area contributed by atoms with E-state index >= 15 is 0 Å². The summed E-state index contributed by atoms with van der Waals surface area (Å²) >= 11 is 3.17. The molecule has 1 heterocycles. The third-order valence-electron chi connectivity index (χ3n) is 5.47. The highest BCUT2D eigenvalue weighted by molar-refractivity contribution is 8.00. The van der Waals surface area contributed by atoms with Crippen LogP contribution >= 0.6 is 23.5 Å². The number of nitrogens with zero attached hydrogens (tertiary/aromatic N) is 1. The van der Waals surface area contributed by atoms with E-state index in [9.17, 15) is 9.59 Å². The summed E-state index contributed by atoms with van der Waals surface area (Å²) in [6, 6.07) is 31.0. The lowest BCUT2D eigenvalue weighted by molar-refractivity contribution is -0.115. The minimum Gasteiger partial charge on any atom is -0.322 e. The van der Waals surface area contributed by atoms with E-state index < -0.39 is 0 Å². The molecule has 6 heteroatoms. The monoisotopic (exact) mass is 482 g/mol. The largest absolute Gasteiger partial charge is 0.322 e. The first-order valence-electron chi connectivity index (χ1n) is 10.9. The van der Waals surface area contributed by atoms with Crippen LogP contribution in [0.5, 0.6) is 0 Å². The summed E-state index contributed by atoms with van der Waals surface area (Å²) < 4.78 is 0. The van der Waals surface area contributed by atoms with E-state index in [1.165, 1.54) is 11.8 Å². The van der Waals surface area contributed by atoms with E-state index in [1.807, 2.05) is 109 Å². The molecule has 4 aromatic rings. The number of carbonyl (C=O) groups excluding carboxylic acids is 2. The Bertz CT molecular complexity index is 1310. The maximum atomic E-state index is 13.3. The van der Waals surface area contributed by atoms with Crippen LogP contribution < -0.4 is 10.2 Å². The fourth-order valence-corrected chi connectivity index (χ4v) is 5.53. The molecular weight excluding hydrogens is 460 g/mol. The minimum absolute atomic E-state index is 0.0296. The van der Waals surface area contributed by atoms with Gasteiger partial charge in [-0.15, -0.1) is 11.8 Å². The van der Waals surface area contributed by atoms with E-state index in [-0.39, 0.29) is 11.8 Å². The topological polar surface area (TPSA) is 49.4 Å². The lowest BCUT2D eigenvalue weighted by Crippen LogP contribution is -2.29. The third-order valence-corrected chi connectivity index (χ3v) is 7.60. The van der Waals surface area contributed by atoms with Gasteiger partial charge in [-0.3, -0.25) is 14.5 Å². The first-order chi connectivity index (χ1) is 16.6. The van der Waals surface area contributed by atoms with Crippen molar-refractivity contribution in [2.24, 2.45) is 0 Å². The average Bonchev–Trinajstić information content (AvgIpc) is 2.87. The molecule has 0 saturated carbocycles. The summed E-state index contributed by atoms with van der Waals surface area (Å²) in [6.45, 7) is 1.99. The number of fused-ring (bicyclic) bond motifs is 2. The SMILES string of the molecule is Cc1ccc(C(=O)Nc2ccc(SCC(=O)N3c4ccccc4Sc4ccccc43)cc2)cc1. The van der Waals surface area contributed by atoms with Crippen LogP contribution in [0.3, 0.4) is 0 Å². The maximum absolute atomic E-state index is 13.3. The zero-order valence-corrected chi connectivity index (χ0v) is 20.2. The van der Waals surface area contributed by atoms with Gasteiger partial charge in [0, 0.05) is 25.9 Å². The summed E-state index contributed by atoms with van der Waals surface area (Å²) in [5.41, 5.74) is 4.30. The predicted octanol–water partition coefficient (Wildman–Crippen LogP) is 7.17. The van der Waals surface area contributed by atoms with Crippen molar-refractivity contribution in [3.8, 4) is 0 Å². The van der Waals surface area contributed by atoms with Crippen LogP contribution in [0.2, 0.25) is 0 Å². The van der Waals surface area contributed by atoms with Gasteiger partial charge in [0.1, 0.15) is 0 Å². The Labute approximate surface area is 207 Å². The normalized spacial score (nSPS) is 12.0. The van der Waals surface area contributed by atoms with Gasteiger partial charge in [-0.1, -0.05) is 53.7 Å². The van der Waals surface area contributed by atoms with Gasteiger partial charge in [0.2, 0.25) is 5.91 Å². The number of rotatable bonds is 5. The number of carbonyl (C=O) groups is 2. The predicted molar refractivity (Wildman–Crippen MR) is 140 cm³/mol. The number of thioether (sulfide) groups is 1. The average molecular weight is 483 g/mol. The van der Waals surface area contributed by atoms with Crippen molar-refractivity contribution >= 4 is 52.4 Å². The second-order valence-corrected chi connectivity index (χ2v) is 10.0. The number of aryl methyl sites for hydroxylation is 1. The molecule has 1 aliphatic heterocycles. The van der Waals surface area contributed by atoms with Crippen LogP contribution in [0, 0.1) is 6.92 Å². The first-order valence-corrected chi connectivity index (χ1v) is 12.7. The van der Waals surface area contributed by atoms with Crippen molar-refractivity contribution in [3.63, 3.8) is 0 Å². The number of anilines is 3. The van der Waals surface area contributed by atoms with Crippen LogP contribution in [-0.4, -0.2) is 17.6 Å². The fraction of sp³-hybridized carbons (Fsp3) is 0.0714. The van der Waals surface area contributed by atoms with Crippen LogP contribution in [-0.2, 0) is 4.79 Å². The molecule has 0 unspecified atom stereocenters. The van der Waals surface area contributed by atoms with Gasteiger partial charge in [0.05, 0.1) is 17.1 Å². The smallest absolute Gasteiger partial charge is 0.255 e. The molecule has 0 spiro atoms. The molecule has 2 amide bonds. The zero-order chi connectivity index (χ0) is 23.5. The fourth-order valence-electron chi connectivity index (χ4n) is 3.73. The van der Waals surface area contributed by atoms with Gasteiger partial charge >= 0.3 is 0 Å². The van der Waals surface area contributed by atoms with Crippen LogP contribution in [0.15, 0.2) is 112 Å². The van der Waals surface area contributed by atoms with Gasteiger partial charge in [0.15, 0.2) is 0 Å². The standard InChI is InChI=1S/C28H22N2O2S2/c1-19-10-12-20(13-11-19)28(32)29-21-14-16-22(17-15-21)33-18-27(31)30-23-6-2-4-8-25(23)34-26-9-5-3-7-24(26)30/h2-17H,18H2,1H3,(H,29,32). The molecule has 0 bridgehead atoms. The molecule has 0 fully saturated rings. The Kier molecular flexibility index (Phi) is 6.43. The summed E-state index contributed by atoms with van der Waals surface area (Å²) in [4.78, 5) is 30.7. The number of amides is 2. The highest BCUT2D eigenvalue weighted by Gasteiger charge is 2.27. The molecule has 0 radical (unpaired) electrons. The van der Waals surface area contributed by atoms with Crippen molar-refractivity contribution < 1.29 is 9.59 Å². The molecule has 4 nitrogen and oxygen atoms in total. The van der Waals surface area contributed by atoms with Crippen molar-refractivity contribution in [2.75, 3.05) is 16.0 Å². The summed E-state index contributed by atoms with van der Waals surface area (Å²) in [5.74, 6) is 0.195. The zero-order valence-electron chi connectivity index (χ0n) is 18.5. The quantitative estimate of drug-likeness (QED) is 0.306. The molecule has 0 aromatic heterocycles. The number of benzene rings is 4. The van der Waals surface area contributed by atoms with E-state index in [0.717, 1.165) is 37.3 Å². The van der Waals surface area contributed by atoms with Crippen LogP contribution in [0.25, 0.3) is 0 Å². The molecule has 0 saturated heterocycles. The Hall–Kier alpha value is -3.48. The van der Waals surface area contributed by atoms with Gasteiger partial charge in [-0.05, 0) is 67.6 Å². The number of hydrogen-bond donors (Lipinski definition) is 1. The van der Waals surface area contributed by atoms with E-state index in [1.54, 1.807) is 11.8 Å². The van der Waals surface area contributed by atoms with Crippen molar-refractivity contribution in [1.82, 2.24) is 0 Å².